The number of ether oxygens (including phenoxy) is 2. The first kappa shape index (κ1) is 24.6. The fourth-order valence-corrected chi connectivity index (χ4v) is 4.44. The molecule has 1 aliphatic rings. The number of hydrogen-bond donors (Lipinski definition) is 0. The second-order valence-corrected chi connectivity index (χ2v) is 9.40. The van der Waals surface area contributed by atoms with E-state index in [2.05, 4.69) is 84.4 Å². The Morgan fingerprint density at radius 3 is 2.31 bits per heavy atom. The Hall–Kier alpha value is -2.08. The lowest BCUT2D eigenvalue weighted by atomic mass is 9.97. The largest absolute Gasteiger partial charge is 0.497 e. The van der Waals surface area contributed by atoms with E-state index in [9.17, 15) is 0 Å². The van der Waals surface area contributed by atoms with E-state index >= 15 is 0 Å². The minimum Gasteiger partial charge on any atom is -0.497 e. The molecule has 0 aliphatic carbocycles. The molecule has 2 aromatic rings. The molecule has 1 aliphatic heterocycles. The van der Waals surface area contributed by atoms with Crippen LogP contribution in [-0.4, -0.2) is 82.3 Å². The van der Waals surface area contributed by atoms with Crippen LogP contribution in [0.4, 0.5) is 0 Å². The van der Waals surface area contributed by atoms with E-state index in [4.69, 9.17) is 9.47 Å². The van der Waals surface area contributed by atoms with Crippen LogP contribution < -0.4 is 9.47 Å². The van der Waals surface area contributed by atoms with E-state index in [-0.39, 0.29) is 0 Å². The maximum absolute atomic E-state index is 5.81. The van der Waals surface area contributed by atoms with Gasteiger partial charge in [0.25, 0.3) is 0 Å². The number of piperidine rings is 1. The minimum atomic E-state index is 0.725. The molecule has 0 N–H and O–H groups in total. The molecule has 0 radical (unpaired) electrons. The van der Waals surface area contributed by atoms with E-state index in [0.717, 1.165) is 56.6 Å². The van der Waals surface area contributed by atoms with Gasteiger partial charge in [-0.15, -0.1) is 0 Å². The van der Waals surface area contributed by atoms with Gasteiger partial charge in [0.05, 0.1) is 7.11 Å². The summed E-state index contributed by atoms with van der Waals surface area (Å²) >= 11 is 0. The molecular formula is C27H41N3O2. The van der Waals surface area contributed by atoms with E-state index in [1.54, 1.807) is 7.11 Å². The van der Waals surface area contributed by atoms with Crippen molar-refractivity contribution in [3.05, 3.63) is 59.7 Å². The number of rotatable bonds is 12. The van der Waals surface area contributed by atoms with Crippen LogP contribution in [0.3, 0.4) is 0 Å². The molecule has 1 saturated heterocycles. The van der Waals surface area contributed by atoms with Gasteiger partial charge in [0.15, 0.2) is 0 Å². The fourth-order valence-electron chi connectivity index (χ4n) is 4.44. The fraction of sp³-hybridized carbons (Fsp3) is 0.556. The highest BCUT2D eigenvalue weighted by Gasteiger charge is 2.21. The topological polar surface area (TPSA) is 28.2 Å². The third-order valence-corrected chi connectivity index (χ3v) is 6.23. The summed E-state index contributed by atoms with van der Waals surface area (Å²) in [5, 5.41) is 0. The highest BCUT2D eigenvalue weighted by molar-refractivity contribution is 5.28. The zero-order valence-corrected chi connectivity index (χ0v) is 20.4. The standard InChI is InChI=1S/C27H41N3O2/c1-28(2)18-19-32-27-13-9-24(10-14-27)20-29(3)21-25-6-5-16-30(22-25)17-15-23-7-11-26(31-4)12-8-23/h7-14,25H,5-6,15-22H2,1-4H3/t25-/m0/s1. The van der Waals surface area contributed by atoms with Crippen molar-refractivity contribution in [3.8, 4) is 11.5 Å². The van der Waals surface area contributed by atoms with Crippen molar-refractivity contribution in [2.75, 3.05) is 67.6 Å². The summed E-state index contributed by atoms with van der Waals surface area (Å²) in [5.74, 6) is 2.64. The number of likely N-dealkylation sites (tertiary alicyclic amines) is 1. The lowest BCUT2D eigenvalue weighted by Crippen LogP contribution is -2.40. The Kier molecular flexibility index (Phi) is 9.85. The molecule has 0 amide bonds. The normalized spacial score (nSPS) is 17.1. The number of benzene rings is 2. The van der Waals surface area contributed by atoms with Gasteiger partial charge in [-0.05, 0) is 88.3 Å². The van der Waals surface area contributed by atoms with Gasteiger partial charge in [0.1, 0.15) is 18.1 Å². The molecule has 1 atom stereocenters. The third-order valence-electron chi connectivity index (χ3n) is 6.23. The van der Waals surface area contributed by atoms with E-state index in [1.165, 1.54) is 37.1 Å². The SMILES string of the molecule is COc1ccc(CCN2CCC[C@@H](CN(C)Cc3ccc(OCCN(C)C)cc3)C2)cc1. The molecule has 0 saturated carbocycles. The van der Waals surface area contributed by atoms with Crippen LogP contribution in [0.1, 0.15) is 24.0 Å². The summed E-state index contributed by atoms with van der Waals surface area (Å²) in [4.78, 5) is 7.25. The van der Waals surface area contributed by atoms with E-state index in [0.29, 0.717) is 0 Å². The molecule has 1 fully saturated rings. The minimum absolute atomic E-state index is 0.725. The molecule has 2 aromatic carbocycles. The molecule has 32 heavy (non-hydrogen) atoms. The maximum Gasteiger partial charge on any atom is 0.119 e. The van der Waals surface area contributed by atoms with Gasteiger partial charge in [-0.1, -0.05) is 24.3 Å². The van der Waals surface area contributed by atoms with Gasteiger partial charge < -0.3 is 24.2 Å². The smallest absolute Gasteiger partial charge is 0.119 e. The summed E-state index contributed by atoms with van der Waals surface area (Å²) < 4.78 is 11.1. The summed E-state index contributed by atoms with van der Waals surface area (Å²) in [7, 11) is 8.10. The first-order valence-electron chi connectivity index (χ1n) is 11.9. The van der Waals surface area contributed by atoms with Gasteiger partial charge >= 0.3 is 0 Å². The number of methoxy groups -OCH3 is 1. The molecule has 0 unspecified atom stereocenters. The molecular weight excluding hydrogens is 398 g/mol. The van der Waals surface area contributed by atoms with Gasteiger partial charge in [-0.25, -0.2) is 0 Å². The number of likely N-dealkylation sites (N-methyl/N-ethyl adjacent to an activating group) is 1. The second kappa shape index (κ2) is 12.8. The molecule has 0 aromatic heterocycles. The first-order valence-corrected chi connectivity index (χ1v) is 11.9. The van der Waals surface area contributed by atoms with Crippen LogP contribution in [0.2, 0.25) is 0 Å². The van der Waals surface area contributed by atoms with E-state index < -0.39 is 0 Å². The predicted molar refractivity (Wildman–Crippen MR) is 133 cm³/mol. The molecule has 176 valence electrons. The predicted octanol–water partition coefficient (Wildman–Crippen LogP) is 4.02. The maximum atomic E-state index is 5.81. The van der Waals surface area contributed by atoms with Crippen molar-refractivity contribution >= 4 is 0 Å². The molecule has 5 nitrogen and oxygen atoms in total. The van der Waals surface area contributed by atoms with Crippen molar-refractivity contribution in [2.45, 2.75) is 25.8 Å². The van der Waals surface area contributed by atoms with Crippen molar-refractivity contribution < 1.29 is 9.47 Å². The summed E-state index contributed by atoms with van der Waals surface area (Å²) in [6.45, 7) is 7.37. The average Bonchev–Trinajstić information content (AvgIpc) is 2.79. The van der Waals surface area contributed by atoms with Gasteiger partial charge in [-0.2, -0.15) is 0 Å². The summed E-state index contributed by atoms with van der Waals surface area (Å²) in [6, 6.07) is 17.1. The van der Waals surface area contributed by atoms with Gasteiger partial charge in [0, 0.05) is 32.7 Å². The summed E-state index contributed by atoms with van der Waals surface area (Å²) in [5.41, 5.74) is 2.74. The lowest BCUT2D eigenvalue weighted by Gasteiger charge is -2.34. The Morgan fingerprint density at radius 2 is 1.62 bits per heavy atom. The van der Waals surface area contributed by atoms with Crippen molar-refractivity contribution in [1.29, 1.82) is 0 Å². The second-order valence-electron chi connectivity index (χ2n) is 9.40. The number of hydrogen-bond acceptors (Lipinski definition) is 5. The van der Waals surface area contributed by atoms with Crippen LogP contribution in [0.15, 0.2) is 48.5 Å². The molecule has 1 heterocycles. The molecule has 5 heteroatoms. The van der Waals surface area contributed by atoms with Crippen molar-refractivity contribution in [1.82, 2.24) is 14.7 Å². The monoisotopic (exact) mass is 439 g/mol. The van der Waals surface area contributed by atoms with Crippen LogP contribution in [0.5, 0.6) is 11.5 Å². The Balaban J connectivity index is 1.39. The average molecular weight is 440 g/mol. The quantitative estimate of drug-likeness (QED) is 0.498. The van der Waals surface area contributed by atoms with Gasteiger partial charge in [0.2, 0.25) is 0 Å². The van der Waals surface area contributed by atoms with E-state index in [1.807, 2.05) is 0 Å². The van der Waals surface area contributed by atoms with Gasteiger partial charge in [-0.3, -0.25) is 0 Å². The lowest BCUT2D eigenvalue weighted by molar-refractivity contribution is 0.142. The van der Waals surface area contributed by atoms with Crippen LogP contribution in [0, 0.1) is 5.92 Å². The highest BCUT2D eigenvalue weighted by atomic mass is 16.5. The molecule has 0 spiro atoms. The van der Waals surface area contributed by atoms with Crippen molar-refractivity contribution in [2.24, 2.45) is 5.92 Å². The number of nitrogens with zero attached hydrogens (tertiary/aromatic N) is 3. The first-order chi connectivity index (χ1) is 15.5. The zero-order chi connectivity index (χ0) is 22.8. The Morgan fingerprint density at radius 1 is 0.938 bits per heavy atom. The molecule has 0 bridgehead atoms. The van der Waals surface area contributed by atoms with Crippen LogP contribution >= 0.6 is 0 Å². The highest BCUT2D eigenvalue weighted by Crippen LogP contribution is 2.20. The van der Waals surface area contributed by atoms with Crippen molar-refractivity contribution in [3.63, 3.8) is 0 Å². The zero-order valence-electron chi connectivity index (χ0n) is 20.4. The Labute approximate surface area is 194 Å². The summed E-state index contributed by atoms with van der Waals surface area (Å²) in [6.07, 6.45) is 3.75. The Bertz CT molecular complexity index is 776. The van der Waals surface area contributed by atoms with Crippen LogP contribution in [0.25, 0.3) is 0 Å². The molecule has 3 rings (SSSR count). The third kappa shape index (κ3) is 8.45. The van der Waals surface area contributed by atoms with Crippen LogP contribution in [-0.2, 0) is 13.0 Å².